The number of piperidine rings is 2. The van der Waals surface area contributed by atoms with Crippen molar-refractivity contribution in [2.24, 2.45) is 0 Å². The second-order valence-corrected chi connectivity index (χ2v) is 7.52. The van der Waals surface area contributed by atoms with Crippen LogP contribution in [-0.4, -0.2) is 51.8 Å². The normalized spacial score (nSPS) is 23.8. The SMILES string of the molecule is CC[C@H]1CCCCN1C(=O)c1cccc(C(=O)N2CCCC[C@@H]2CC)n1. The van der Waals surface area contributed by atoms with Crippen molar-refractivity contribution >= 4 is 11.8 Å². The van der Waals surface area contributed by atoms with E-state index in [1.165, 1.54) is 12.8 Å². The van der Waals surface area contributed by atoms with Crippen LogP contribution in [0.4, 0.5) is 0 Å². The fourth-order valence-corrected chi connectivity index (χ4v) is 4.35. The molecule has 0 bridgehead atoms. The monoisotopic (exact) mass is 357 g/mol. The van der Waals surface area contributed by atoms with E-state index in [0.29, 0.717) is 23.5 Å². The summed E-state index contributed by atoms with van der Waals surface area (Å²) >= 11 is 0. The minimum absolute atomic E-state index is 0.0307. The van der Waals surface area contributed by atoms with E-state index >= 15 is 0 Å². The summed E-state index contributed by atoms with van der Waals surface area (Å²) in [7, 11) is 0. The van der Waals surface area contributed by atoms with Crippen molar-refractivity contribution in [1.82, 2.24) is 14.8 Å². The number of aromatic nitrogens is 1. The van der Waals surface area contributed by atoms with Gasteiger partial charge in [0.1, 0.15) is 11.4 Å². The van der Waals surface area contributed by atoms with Gasteiger partial charge in [0.2, 0.25) is 0 Å². The average molecular weight is 357 g/mol. The van der Waals surface area contributed by atoms with Crippen molar-refractivity contribution in [3.8, 4) is 0 Å². The van der Waals surface area contributed by atoms with Gasteiger partial charge in [0.15, 0.2) is 0 Å². The third-order valence-corrected chi connectivity index (χ3v) is 5.91. The molecule has 2 amide bonds. The van der Waals surface area contributed by atoms with E-state index in [0.717, 1.165) is 51.6 Å². The molecule has 1 aromatic heterocycles. The van der Waals surface area contributed by atoms with Crippen LogP contribution in [0.3, 0.4) is 0 Å². The summed E-state index contributed by atoms with van der Waals surface area (Å²) < 4.78 is 0. The number of hydrogen-bond donors (Lipinski definition) is 0. The first-order valence-electron chi connectivity index (χ1n) is 10.2. The lowest BCUT2D eigenvalue weighted by Crippen LogP contribution is -2.45. The third-order valence-electron chi connectivity index (χ3n) is 5.91. The molecular weight excluding hydrogens is 326 g/mol. The van der Waals surface area contributed by atoms with Crippen LogP contribution in [0, 0.1) is 0 Å². The van der Waals surface area contributed by atoms with Crippen molar-refractivity contribution in [1.29, 1.82) is 0 Å². The van der Waals surface area contributed by atoms with Gasteiger partial charge >= 0.3 is 0 Å². The van der Waals surface area contributed by atoms with Crippen molar-refractivity contribution in [2.75, 3.05) is 13.1 Å². The van der Waals surface area contributed by atoms with Crippen LogP contribution < -0.4 is 0 Å². The number of likely N-dealkylation sites (tertiary alicyclic amines) is 2. The molecule has 0 saturated carbocycles. The van der Waals surface area contributed by atoms with Gasteiger partial charge < -0.3 is 9.80 Å². The quantitative estimate of drug-likeness (QED) is 0.821. The third kappa shape index (κ3) is 3.92. The van der Waals surface area contributed by atoms with Gasteiger partial charge in [-0.05, 0) is 63.5 Å². The highest BCUT2D eigenvalue weighted by Gasteiger charge is 2.29. The summed E-state index contributed by atoms with van der Waals surface area (Å²) in [6, 6.07) is 5.87. The van der Waals surface area contributed by atoms with E-state index in [9.17, 15) is 9.59 Å². The summed E-state index contributed by atoms with van der Waals surface area (Å²) in [5, 5.41) is 0. The van der Waals surface area contributed by atoms with E-state index in [1.807, 2.05) is 9.80 Å². The molecular formula is C21H31N3O2. The average Bonchev–Trinajstić information content (AvgIpc) is 2.72. The standard InChI is InChI=1S/C21H31N3O2/c1-3-16-10-5-7-14-23(16)20(25)18-12-9-13-19(22-18)21(26)24-15-8-6-11-17(24)4-2/h9,12-13,16-17H,3-8,10-11,14-15H2,1-2H3/t16-,17-/m0/s1. The molecule has 3 heterocycles. The predicted octanol–water partition coefficient (Wildman–Crippen LogP) is 3.89. The molecule has 2 saturated heterocycles. The summed E-state index contributed by atoms with van der Waals surface area (Å²) in [6.07, 6.45) is 8.52. The van der Waals surface area contributed by atoms with Gasteiger partial charge in [0, 0.05) is 25.2 Å². The van der Waals surface area contributed by atoms with Gasteiger partial charge in [-0.3, -0.25) is 9.59 Å². The maximum absolute atomic E-state index is 13.0. The lowest BCUT2D eigenvalue weighted by atomic mass is 9.99. The molecule has 0 aromatic carbocycles. The maximum Gasteiger partial charge on any atom is 0.272 e. The van der Waals surface area contributed by atoms with Crippen LogP contribution in [0.5, 0.6) is 0 Å². The Morgan fingerprint density at radius 1 is 0.885 bits per heavy atom. The lowest BCUT2D eigenvalue weighted by molar-refractivity contribution is 0.0593. The van der Waals surface area contributed by atoms with Crippen LogP contribution in [0.2, 0.25) is 0 Å². The van der Waals surface area contributed by atoms with E-state index < -0.39 is 0 Å². The Bertz CT molecular complexity index is 595. The number of carbonyl (C=O) groups excluding carboxylic acids is 2. The molecule has 5 heteroatoms. The Hall–Kier alpha value is -1.91. The van der Waals surface area contributed by atoms with E-state index in [4.69, 9.17) is 0 Å². The summed E-state index contributed by atoms with van der Waals surface area (Å²) in [5.41, 5.74) is 0.808. The lowest BCUT2D eigenvalue weighted by Gasteiger charge is -2.36. The first-order chi connectivity index (χ1) is 12.7. The molecule has 2 atom stereocenters. The van der Waals surface area contributed by atoms with Crippen LogP contribution >= 0.6 is 0 Å². The zero-order chi connectivity index (χ0) is 18.5. The first kappa shape index (κ1) is 18.9. The van der Waals surface area contributed by atoms with E-state index in [2.05, 4.69) is 18.8 Å². The minimum Gasteiger partial charge on any atom is -0.334 e. The zero-order valence-corrected chi connectivity index (χ0v) is 16.1. The molecule has 3 rings (SSSR count). The second kappa shape index (κ2) is 8.65. The summed E-state index contributed by atoms with van der Waals surface area (Å²) in [6.45, 7) is 5.85. The number of rotatable bonds is 4. The van der Waals surface area contributed by atoms with Gasteiger partial charge in [-0.1, -0.05) is 19.9 Å². The highest BCUT2D eigenvalue weighted by molar-refractivity contribution is 5.96. The van der Waals surface area contributed by atoms with Gasteiger partial charge in [-0.15, -0.1) is 0 Å². The van der Waals surface area contributed by atoms with Crippen molar-refractivity contribution in [3.05, 3.63) is 29.6 Å². The molecule has 26 heavy (non-hydrogen) atoms. The minimum atomic E-state index is -0.0307. The topological polar surface area (TPSA) is 53.5 Å². The molecule has 0 unspecified atom stereocenters. The fraction of sp³-hybridized carbons (Fsp3) is 0.667. The van der Waals surface area contributed by atoms with Gasteiger partial charge in [0.05, 0.1) is 0 Å². The fourth-order valence-electron chi connectivity index (χ4n) is 4.35. The Balaban J connectivity index is 1.79. The van der Waals surface area contributed by atoms with Crippen molar-refractivity contribution in [3.63, 3.8) is 0 Å². The molecule has 0 radical (unpaired) electrons. The Labute approximate surface area is 156 Å². The summed E-state index contributed by atoms with van der Waals surface area (Å²) in [4.78, 5) is 34.3. The number of pyridine rings is 1. The van der Waals surface area contributed by atoms with Gasteiger partial charge in [0.25, 0.3) is 11.8 Å². The molecule has 2 fully saturated rings. The molecule has 2 aliphatic rings. The second-order valence-electron chi connectivity index (χ2n) is 7.52. The molecule has 0 aliphatic carbocycles. The molecule has 1 aromatic rings. The van der Waals surface area contributed by atoms with Crippen LogP contribution in [0.15, 0.2) is 18.2 Å². The van der Waals surface area contributed by atoms with E-state index in [1.54, 1.807) is 18.2 Å². The van der Waals surface area contributed by atoms with Crippen molar-refractivity contribution in [2.45, 2.75) is 77.3 Å². The highest BCUT2D eigenvalue weighted by Crippen LogP contribution is 2.23. The largest absolute Gasteiger partial charge is 0.334 e. The summed E-state index contributed by atoms with van der Waals surface area (Å²) in [5.74, 6) is -0.0613. The van der Waals surface area contributed by atoms with Crippen molar-refractivity contribution < 1.29 is 9.59 Å². The van der Waals surface area contributed by atoms with E-state index in [-0.39, 0.29) is 11.8 Å². The molecule has 0 N–H and O–H groups in total. The zero-order valence-electron chi connectivity index (χ0n) is 16.1. The number of amides is 2. The van der Waals surface area contributed by atoms with Crippen LogP contribution in [-0.2, 0) is 0 Å². The smallest absolute Gasteiger partial charge is 0.272 e. The first-order valence-corrected chi connectivity index (χ1v) is 10.2. The van der Waals surface area contributed by atoms with Gasteiger partial charge in [-0.25, -0.2) is 4.98 Å². The number of nitrogens with zero attached hydrogens (tertiary/aromatic N) is 3. The Morgan fingerprint density at radius 3 is 1.77 bits per heavy atom. The maximum atomic E-state index is 13.0. The van der Waals surface area contributed by atoms with Crippen LogP contribution in [0.25, 0.3) is 0 Å². The molecule has 142 valence electrons. The van der Waals surface area contributed by atoms with Gasteiger partial charge in [-0.2, -0.15) is 0 Å². The molecule has 5 nitrogen and oxygen atoms in total. The predicted molar refractivity (Wildman–Crippen MR) is 102 cm³/mol. The Morgan fingerprint density at radius 2 is 1.35 bits per heavy atom. The number of carbonyl (C=O) groups is 2. The van der Waals surface area contributed by atoms with Crippen LogP contribution in [0.1, 0.15) is 86.2 Å². The highest BCUT2D eigenvalue weighted by atomic mass is 16.2. The molecule has 2 aliphatic heterocycles. The number of hydrogen-bond acceptors (Lipinski definition) is 3. The Kier molecular flexibility index (Phi) is 6.28. The molecule has 0 spiro atoms.